The molecule has 1 fully saturated rings. The van der Waals surface area contributed by atoms with Gasteiger partial charge >= 0.3 is 0 Å². The van der Waals surface area contributed by atoms with Crippen molar-refractivity contribution < 1.29 is 14.1 Å². The van der Waals surface area contributed by atoms with Crippen LogP contribution in [0.25, 0.3) is 22.4 Å². The Labute approximate surface area is 209 Å². The highest BCUT2D eigenvalue weighted by Crippen LogP contribution is 2.27. The standard InChI is InChI=1S/C26H29N7O3/c1-4-35-19-8-9-21-20(15-19)16(2)29-26(30-21)33-13-10-18(11-14-33)24(34)28-17(3)25-31-23(32-36-25)22-7-5-6-12-27-22/h5-9,12,15,17-18H,4,10-11,13-14H2,1-3H3,(H,28,34). The molecule has 10 heteroatoms. The van der Waals surface area contributed by atoms with Gasteiger partial charge in [-0.05, 0) is 63.9 Å². The summed E-state index contributed by atoms with van der Waals surface area (Å²) in [7, 11) is 0. The predicted molar refractivity (Wildman–Crippen MR) is 134 cm³/mol. The molecule has 5 rings (SSSR count). The van der Waals surface area contributed by atoms with E-state index in [1.165, 1.54) is 0 Å². The van der Waals surface area contributed by atoms with Gasteiger partial charge in [0.05, 0.1) is 17.8 Å². The lowest BCUT2D eigenvalue weighted by atomic mass is 9.96. The fourth-order valence-corrected chi connectivity index (χ4v) is 4.39. The van der Waals surface area contributed by atoms with Crippen molar-refractivity contribution in [2.45, 2.75) is 39.7 Å². The van der Waals surface area contributed by atoms with Crippen molar-refractivity contribution in [2.75, 3.05) is 24.6 Å². The van der Waals surface area contributed by atoms with E-state index in [4.69, 9.17) is 19.2 Å². The van der Waals surface area contributed by atoms with E-state index in [1.807, 2.05) is 57.2 Å². The third-order valence-corrected chi connectivity index (χ3v) is 6.37. The smallest absolute Gasteiger partial charge is 0.249 e. The van der Waals surface area contributed by atoms with Crippen LogP contribution < -0.4 is 15.0 Å². The van der Waals surface area contributed by atoms with Crippen molar-refractivity contribution in [3.63, 3.8) is 0 Å². The Kier molecular flexibility index (Phi) is 6.75. The molecule has 1 N–H and O–H groups in total. The van der Waals surface area contributed by atoms with Crippen LogP contribution in [-0.2, 0) is 4.79 Å². The molecule has 36 heavy (non-hydrogen) atoms. The number of fused-ring (bicyclic) bond motifs is 1. The van der Waals surface area contributed by atoms with Gasteiger partial charge in [0.25, 0.3) is 0 Å². The Balaban J connectivity index is 1.19. The van der Waals surface area contributed by atoms with Crippen molar-refractivity contribution in [3.8, 4) is 17.3 Å². The maximum absolute atomic E-state index is 12.9. The van der Waals surface area contributed by atoms with Gasteiger partial charge in [0.2, 0.25) is 23.6 Å². The van der Waals surface area contributed by atoms with Crippen LogP contribution in [0.3, 0.4) is 0 Å². The summed E-state index contributed by atoms with van der Waals surface area (Å²) in [5, 5.41) is 7.99. The number of anilines is 1. The number of hydrogen-bond acceptors (Lipinski definition) is 9. The minimum Gasteiger partial charge on any atom is -0.494 e. The molecule has 0 spiro atoms. The Hall–Kier alpha value is -4.08. The molecule has 1 unspecified atom stereocenters. The third-order valence-electron chi connectivity index (χ3n) is 6.37. The van der Waals surface area contributed by atoms with Gasteiger partial charge in [0.1, 0.15) is 17.5 Å². The molecule has 1 saturated heterocycles. The average molecular weight is 488 g/mol. The highest BCUT2D eigenvalue weighted by atomic mass is 16.5. The first kappa shape index (κ1) is 23.7. The molecule has 1 atom stereocenters. The normalized spacial score (nSPS) is 15.1. The number of carbonyl (C=O) groups excluding carboxylic acids is 1. The number of nitrogens with zero attached hydrogens (tertiary/aromatic N) is 6. The van der Waals surface area contributed by atoms with Crippen molar-refractivity contribution >= 4 is 22.8 Å². The Morgan fingerprint density at radius 2 is 2.03 bits per heavy atom. The molecule has 1 aromatic carbocycles. The molecule has 186 valence electrons. The molecule has 0 bridgehead atoms. The van der Waals surface area contributed by atoms with E-state index in [0.29, 0.717) is 55.9 Å². The van der Waals surface area contributed by atoms with E-state index >= 15 is 0 Å². The van der Waals surface area contributed by atoms with Crippen LogP contribution in [0.1, 0.15) is 44.3 Å². The van der Waals surface area contributed by atoms with E-state index in [9.17, 15) is 4.79 Å². The number of benzene rings is 1. The molecule has 3 aromatic heterocycles. The molecule has 1 aliphatic heterocycles. The quantitative estimate of drug-likeness (QED) is 0.414. The number of piperidine rings is 1. The maximum Gasteiger partial charge on any atom is 0.249 e. The van der Waals surface area contributed by atoms with E-state index in [0.717, 1.165) is 22.3 Å². The summed E-state index contributed by atoms with van der Waals surface area (Å²) in [6, 6.07) is 11.0. The zero-order chi connectivity index (χ0) is 25.1. The topological polar surface area (TPSA) is 119 Å². The molecule has 0 saturated carbocycles. The maximum atomic E-state index is 12.9. The number of hydrogen-bond donors (Lipinski definition) is 1. The number of aromatic nitrogens is 5. The van der Waals surface area contributed by atoms with Crippen LogP contribution in [0.2, 0.25) is 0 Å². The largest absolute Gasteiger partial charge is 0.494 e. The van der Waals surface area contributed by atoms with Gasteiger partial charge in [-0.3, -0.25) is 9.78 Å². The number of pyridine rings is 1. The number of aryl methyl sites for hydroxylation is 1. The van der Waals surface area contributed by atoms with Crippen molar-refractivity contribution in [2.24, 2.45) is 5.92 Å². The van der Waals surface area contributed by atoms with Crippen LogP contribution in [0.15, 0.2) is 47.1 Å². The third kappa shape index (κ3) is 4.98. The van der Waals surface area contributed by atoms with Crippen LogP contribution in [-0.4, -0.2) is 50.7 Å². The minimum absolute atomic E-state index is 0.0150. The zero-order valence-corrected chi connectivity index (χ0v) is 20.6. The first-order valence-corrected chi connectivity index (χ1v) is 12.2. The molecule has 0 aliphatic carbocycles. The summed E-state index contributed by atoms with van der Waals surface area (Å²) in [4.78, 5) is 33.2. The molecular weight excluding hydrogens is 458 g/mol. The second kappa shape index (κ2) is 10.3. The molecule has 4 aromatic rings. The van der Waals surface area contributed by atoms with Gasteiger partial charge in [-0.2, -0.15) is 4.98 Å². The highest BCUT2D eigenvalue weighted by Gasteiger charge is 2.28. The number of ether oxygens (including phenoxy) is 1. The zero-order valence-electron chi connectivity index (χ0n) is 20.6. The van der Waals surface area contributed by atoms with E-state index in [-0.39, 0.29) is 11.8 Å². The second-order valence-corrected chi connectivity index (χ2v) is 8.88. The Morgan fingerprint density at radius 3 is 2.78 bits per heavy atom. The molecular formula is C26H29N7O3. The van der Waals surface area contributed by atoms with Crippen LogP contribution >= 0.6 is 0 Å². The van der Waals surface area contributed by atoms with Crippen LogP contribution in [0, 0.1) is 12.8 Å². The lowest BCUT2D eigenvalue weighted by Crippen LogP contribution is -2.41. The minimum atomic E-state index is -0.395. The monoisotopic (exact) mass is 487 g/mol. The fourth-order valence-electron chi connectivity index (χ4n) is 4.39. The van der Waals surface area contributed by atoms with E-state index < -0.39 is 6.04 Å². The van der Waals surface area contributed by atoms with Gasteiger partial charge in [-0.1, -0.05) is 11.2 Å². The van der Waals surface area contributed by atoms with Gasteiger partial charge in [-0.25, -0.2) is 9.97 Å². The van der Waals surface area contributed by atoms with Gasteiger partial charge < -0.3 is 19.5 Å². The average Bonchev–Trinajstić information content (AvgIpc) is 3.40. The summed E-state index contributed by atoms with van der Waals surface area (Å²) in [6.45, 7) is 7.82. The number of rotatable bonds is 7. The van der Waals surface area contributed by atoms with Crippen molar-refractivity contribution in [1.29, 1.82) is 0 Å². The Morgan fingerprint density at radius 1 is 1.19 bits per heavy atom. The van der Waals surface area contributed by atoms with Crippen molar-refractivity contribution in [3.05, 3.63) is 54.2 Å². The molecule has 1 amide bonds. The summed E-state index contributed by atoms with van der Waals surface area (Å²) >= 11 is 0. The van der Waals surface area contributed by atoms with Crippen LogP contribution in [0.4, 0.5) is 5.95 Å². The molecule has 10 nitrogen and oxygen atoms in total. The fraction of sp³-hybridized carbons (Fsp3) is 0.385. The summed E-state index contributed by atoms with van der Waals surface area (Å²) in [6.07, 6.45) is 3.10. The first-order chi connectivity index (χ1) is 17.5. The van der Waals surface area contributed by atoms with Gasteiger partial charge in [-0.15, -0.1) is 0 Å². The Bertz CT molecular complexity index is 1350. The lowest BCUT2D eigenvalue weighted by Gasteiger charge is -2.32. The van der Waals surface area contributed by atoms with Crippen LogP contribution in [0.5, 0.6) is 5.75 Å². The SMILES string of the molecule is CCOc1ccc2nc(N3CCC(C(=O)NC(C)c4nc(-c5ccccn5)no4)CC3)nc(C)c2c1. The first-order valence-electron chi connectivity index (χ1n) is 12.2. The number of carbonyl (C=O) groups is 1. The summed E-state index contributed by atoms with van der Waals surface area (Å²) < 4.78 is 11.0. The second-order valence-electron chi connectivity index (χ2n) is 8.88. The lowest BCUT2D eigenvalue weighted by molar-refractivity contribution is -0.126. The summed E-state index contributed by atoms with van der Waals surface area (Å²) in [5.74, 6) is 2.16. The predicted octanol–water partition coefficient (Wildman–Crippen LogP) is 3.88. The van der Waals surface area contributed by atoms with E-state index in [2.05, 4.69) is 25.3 Å². The summed E-state index contributed by atoms with van der Waals surface area (Å²) in [5.41, 5.74) is 2.42. The molecule has 1 aliphatic rings. The van der Waals surface area contributed by atoms with Gasteiger partial charge in [0.15, 0.2) is 0 Å². The molecule has 0 radical (unpaired) electrons. The molecule has 4 heterocycles. The highest BCUT2D eigenvalue weighted by molar-refractivity contribution is 5.83. The number of amides is 1. The van der Waals surface area contributed by atoms with Crippen molar-refractivity contribution in [1.82, 2.24) is 30.4 Å². The van der Waals surface area contributed by atoms with E-state index in [1.54, 1.807) is 6.20 Å². The van der Waals surface area contributed by atoms with Gasteiger partial charge in [0, 0.05) is 30.6 Å². The number of nitrogens with one attached hydrogen (secondary N) is 1.